The van der Waals surface area contributed by atoms with Crippen LogP contribution in [0.3, 0.4) is 0 Å². The maximum atomic E-state index is 11.7. The first-order valence-corrected chi connectivity index (χ1v) is 6.70. The van der Waals surface area contributed by atoms with Gasteiger partial charge in [0.15, 0.2) is 0 Å². The van der Waals surface area contributed by atoms with Gasteiger partial charge in [-0.05, 0) is 28.1 Å². The zero-order valence-corrected chi connectivity index (χ0v) is 15.1. The summed E-state index contributed by atoms with van der Waals surface area (Å²) in [5.74, 6) is -1.27. The molecule has 1 aromatic rings. The molecule has 1 aromatic heterocycles. The van der Waals surface area contributed by atoms with Gasteiger partial charge in [0.2, 0.25) is 10.0 Å². The second-order valence-electron chi connectivity index (χ2n) is 3.11. The molecule has 0 aliphatic rings. The number of sulfonamides is 1. The lowest BCUT2D eigenvalue weighted by Gasteiger charge is -2.09. The van der Waals surface area contributed by atoms with E-state index in [1.165, 1.54) is 18.3 Å². The van der Waals surface area contributed by atoms with Crippen molar-refractivity contribution >= 4 is 65.9 Å². The molecule has 0 bridgehead atoms. The van der Waals surface area contributed by atoms with Gasteiger partial charge in [-0.25, -0.2) is 18.1 Å². The number of nitrogens with two attached hydrogens (primary N) is 1. The van der Waals surface area contributed by atoms with Crippen LogP contribution in [0.1, 0.15) is 0 Å². The Labute approximate surface area is 139 Å². The summed E-state index contributed by atoms with van der Waals surface area (Å²) in [4.78, 5) is 14.2. The molecule has 11 heteroatoms. The van der Waals surface area contributed by atoms with Crippen LogP contribution in [0.25, 0.3) is 0 Å². The predicted octanol–water partition coefficient (Wildman–Crippen LogP) is 0.690. The molecule has 0 saturated heterocycles. The number of halogens is 3. The topological polar surface area (TPSA) is 122 Å². The lowest BCUT2D eigenvalue weighted by atomic mass is 10.3. The van der Waals surface area contributed by atoms with Crippen LogP contribution < -0.4 is 10.5 Å². The monoisotopic (exact) mass is 483 g/mol. The van der Waals surface area contributed by atoms with Crippen molar-refractivity contribution in [3.05, 3.63) is 22.9 Å². The molecule has 0 spiro atoms. The van der Waals surface area contributed by atoms with Crippen LogP contribution in [0.5, 0.6) is 0 Å². The summed E-state index contributed by atoms with van der Waals surface area (Å²) in [7, 11) is -3.77. The molecule has 0 aromatic carbocycles. The first-order valence-electron chi connectivity index (χ1n) is 4.42. The summed E-state index contributed by atoms with van der Waals surface area (Å²) in [5, 5.41) is 8.52. The predicted molar refractivity (Wildman–Crippen MR) is 83.4 cm³/mol. The summed E-state index contributed by atoms with van der Waals surface area (Å²) in [5.41, 5.74) is 5.18. The average molecular weight is 486 g/mol. The van der Waals surface area contributed by atoms with E-state index in [0.29, 0.717) is 4.60 Å². The van der Waals surface area contributed by atoms with E-state index >= 15 is 0 Å². The van der Waals surface area contributed by atoms with Gasteiger partial charge in [0.05, 0.1) is 4.90 Å². The van der Waals surface area contributed by atoms with Crippen molar-refractivity contribution in [2.24, 2.45) is 5.73 Å². The molecule has 7 nitrogen and oxygen atoms in total. The van der Waals surface area contributed by atoms with Crippen LogP contribution in [-0.4, -0.2) is 37.1 Å². The Kier molecular flexibility index (Phi) is 10.0. The van der Waals surface area contributed by atoms with Crippen molar-refractivity contribution in [3.63, 3.8) is 0 Å². The van der Waals surface area contributed by atoms with Crippen molar-refractivity contribution in [3.8, 4) is 0 Å². The highest BCUT2D eigenvalue weighted by molar-refractivity contribution is 9.10. The minimum Gasteiger partial charge on any atom is -0.480 e. The number of rotatable bonds is 5. The van der Waals surface area contributed by atoms with Gasteiger partial charge < -0.3 is 10.8 Å². The van der Waals surface area contributed by atoms with Gasteiger partial charge in [0, 0.05) is 12.7 Å². The van der Waals surface area contributed by atoms with E-state index in [-0.39, 0.29) is 45.4 Å². The second-order valence-corrected chi connectivity index (χ2v) is 5.69. The zero-order valence-electron chi connectivity index (χ0n) is 9.32. The summed E-state index contributed by atoms with van der Waals surface area (Å²) in [6.45, 7) is -0.377. The Morgan fingerprint density at radius 1 is 1.53 bits per heavy atom. The van der Waals surface area contributed by atoms with Gasteiger partial charge in [-0.2, -0.15) is 0 Å². The van der Waals surface area contributed by atoms with Gasteiger partial charge in [-0.1, -0.05) is 0 Å². The van der Waals surface area contributed by atoms with Crippen LogP contribution in [0.15, 0.2) is 27.8 Å². The Hall–Kier alpha value is -0.0700. The van der Waals surface area contributed by atoms with Crippen LogP contribution in [0.4, 0.5) is 0 Å². The summed E-state index contributed by atoms with van der Waals surface area (Å²) in [6, 6.07) is 1.31. The Bertz CT molecular complexity index is 526. The number of carbonyl (C=O) groups is 1. The van der Waals surface area contributed by atoms with E-state index in [9.17, 15) is 13.2 Å². The number of carboxylic acid groups (broad SMARTS) is 1. The number of pyridine rings is 1. The highest BCUT2D eigenvalue weighted by atomic mass is 79.9. The van der Waals surface area contributed by atoms with Gasteiger partial charge in [-0.15, -0.1) is 34.0 Å². The fourth-order valence-electron chi connectivity index (χ4n) is 0.922. The van der Waals surface area contributed by atoms with Crippen LogP contribution in [0, 0.1) is 0 Å². The number of carboxylic acids is 1. The quantitative estimate of drug-likeness (QED) is 0.527. The molecule has 1 rings (SSSR count). The normalized spacial score (nSPS) is 11.9. The SMILES string of the molecule is Br.Br.NC(CNS(=O)(=O)c1ccnc(Br)c1)C(=O)O. The molecule has 1 unspecified atom stereocenters. The third kappa shape index (κ3) is 6.77. The minimum atomic E-state index is -3.77. The maximum absolute atomic E-state index is 11.7. The van der Waals surface area contributed by atoms with Crippen molar-refractivity contribution in [2.75, 3.05) is 6.54 Å². The highest BCUT2D eigenvalue weighted by Crippen LogP contribution is 2.12. The van der Waals surface area contributed by atoms with Gasteiger partial charge in [-0.3, -0.25) is 4.79 Å². The third-order valence-corrected chi connectivity index (χ3v) is 3.67. The summed E-state index contributed by atoms with van der Waals surface area (Å²) < 4.78 is 25.9. The minimum absolute atomic E-state index is 0. The number of nitrogens with zero attached hydrogens (tertiary/aromatic N) is 1. The lowest BCUT2D eigenvalue weighted by molar-refractivity contribution is -0.138. The molecular formula is C8H12Br3N3O4S. The first kappa shape index (κ1) is 21.2. The fourth-order valence-corrected chi connectivity index (χ4v) is 2.51. The molecule has 0 saturated carbocycles. The smallest absolute Gasteiger partial charge is 0.321 e. The van der Waals surface area contributed by atoms with Crippen LogP contribution in [-0.2, 0) is 14.8 Å². The van der Waals surface area contributed by atoms with Crippen molar-refractivity contribution < 1.29 is 18.3 Å². The summed E-state index contributed by atoms with van der Waals surface area (Å²) >= 11 is 3.04. The molecule has 1 heterocycles. The molecule has 0 fully saturated rings. The molecule has 19 heavy (non-hydrogen) atoms. The van der Waals surface area contributed by atoms with Gasteiger partial charge in [0.1, 0.15) is 10.6 Å². The van der Waals surface area contributed by atoms with E-state index < -0.39 is 22.0 Å². The standard InChI is InChI=1S/C8H10BrN3O4S.2BrH/c9-7-3-5(1-2-11-7)17(15,16)12-4-6(10)8(13)14;;/h1-3,6,12H,4,10H2,(H,13,14);2*1H. The molecule has 0 radical (unpaired) electrons. The average Bonchev–Trinajstić information content (AvgIpc) is 2.26. The van der Waals surface area contributed by atoms with E-state index in [0.717, 1.165) is 0 Å². The Balaban J connectivity index is 0. The Morgan fingerprint density at radius 2 is 2.11 bits per heavy atom. The van der Waals surface area contributed by atoms with E-state index in [1.54, 1.807) is 0 Å². The largest absolute Gasteiger partial charge is 0.480 e. The molecule has 0 aliphatic carbocycles. The molecule has 1 atom stereocenters. The first-order chi connectivity index (χ1) is 7.83. The van der Waals surface area contributed by atoms with Crippen molar-refractivity contribution in [1.82, 2.24) is 9.71 Å². The second kappa shape index (κ2) is 8.97. The number of nitrogens with one attached hydrogen (secondary N) is 1. The zero-order chi connectivity index (χ0) is 13.1. The van der Waals surface area contributed by atoms with E-state index in [1.807, 2.05) is 0 Å². The molecule has 0 amide bonds. The lowest BCUT2D eigenvalue weighted by Crippen LogP contribution is -2.42. The van der Waals surface area contributed by atoms with Crippen molar-refractivity contribution in [2.45, 2.75) is 10.9 Å². The highest BCUT2D eigenvalue weighted by Gasteiger charge is 2.18. The van der Waals surface area contributed by atoms with Gasteiger partial charge in [0.25, 0.3) is 0 Å². The molecule has 110 valence electrons. The van der Waals surface area contributed by atoms with Crippen LogP contribution in [0.2, 0.25) is 0 Å². The fraction of sp³-hybridized carbons (Fsp3) is 0.250. The van der Waals surface area contributed by atoms with E-state index in [4.69, 9.17) is 10.8 Å². The van der Waals surface area contributed by atoms with E-state index in [2.05, 4.69) is 25.6 Å². The number of hydrogen-bond acceptors (Lipinski definition) is 5. The van der Waals surface area contributed by atoms with Crippen molar-refractivity contribution in [1.29, 1.82) is 0 Å². The van der Waals surface area contributed by atoms with Crippen LogP contribution >= 0.6 is 49.9 Å². The van der Waals surface area contributed by atoms with Gasteiger partial charge >= 0.3 is 5.97 Å². The Morgan fingerprint density at radius 3 is 2.58 bits per heavy atom. The number of hydrogen-bond donors (Lipinski definition) is 3. The molecule has 4 N–H and O–H groups in total. The number of aromatic nitrogens is 1. The summed E-state index contributed by atoms with van der Waals surface area (Å²) in [6.07, 6.45) is 1.32. The maximum Gasteiger partial charge on any atom is 0.321 e. The third-order valence-electron chi connectivity index (χ3n) is 1.82. The molecular weight excluding hydrogens is 474 g/mol. The number of aliphatic carboxylic acids is 1. The molecule has 0 aliphatic heterocycles.